The van der Waals surface area contributed by atoms with Crippen molar-refractivity contribution in [1.82, 2.24) is 5.32 Å². The molecule has 4 nitrogen and oxygen atoms in total. The molecule has 0 aliphatic carbocycles. The predicted octanol–water partition coefficient (Wildman–Crippen LogP) is 1.03. The smallest absolute Gasteiger partial charge is 0.246 e. The summed E-state index contributed by atoms with van der Waals surface area (Å²) in [6.07, 6.45) is 0. The summed E-state index contributed by atoms with van der Waals surface area (Å²) in [5.41, 5.74) is -0.0796. The van der Waals surface area contributed by atoms with Crippen LogP contribution in [0.2, 0.25) is 0 Å². The second-order valence-electron chi connectivity index (χ2n) is 4.12. The average Bonchev–Trinajstić information content (AvgIpc) is 2.22. The first kappa shape index (κ1) is 14.7. The Morgan fingerprint density at radius 2 is 2.07 bits per heavy atom. The largest absolute Gasteiger partial charge is 0.382 e. The van der Waals surface area contributed by atoms with Crippen molar-refractivity contribution in [2.75, 3.05) is 39.4 Å². The Morgan fingerprint density at radius 3 is 2.60 bits per heavy atom. The molecule has 1 amide bonds. The number of methoxy groups -OCH3 is 1. The van der Waals surface area contributed by atoms with Gasteiger partial charge >= 0.3 is 0 Å². The van der Waals surface area contributed by atoms with Crippen molar-refractivity contribution in [2.45, 2.75) is 13.8 Å². The number of rotatable bonds is 8. The van der Waals surface area contributed by atoms with Crippen LogP contribution in [0.4, 0.5) is 0 Å². The summed E-state index contributed by atoms with van der Waals surface area (Å²) in [7, 11) is 1.59. The average molecular weight is 238 g/mol. The third-order valence-corrected chi connectivity index (χ3v) is 2.51. The van der Waals surface area contributed by atoms with E-state index < -0.39 is 0 Å². The lowest BCUT2D eigenvalue weighted by atomic mass is 9.97. The maximum atomic E-state index is 11.2. The zero-order valence-electron chi connectivity index (χ0n) is 9.64. The number of halogens is 1. The quantitative estimate of drug-likeness (QED) is 0.507. The number of hydrogen-bond acceptors (Lipinski definition) is 3. The zero-order chi connectivity index (χ0) is 11.7. The fourth-order valence-electron chi connectivity index (χ4n) is 0.743. The lowest BCUT2D eigenvalue weighted by molar-refractivity contribution is -0.126. The highest BCUT2D eigenvalue weighted by Crippen LogP contribution is 2.14. The monoisotopic (exact) mass is 237 g/mol. The van der Waals surface area contributed by atoms with Crippen molar-refractivity contribution in [3.05, 3.63) is 0 Å². The van der Waals surface area contributed by atoms with Crippen LogP contribution in [-0.4, -0.2) is 45.3 Å². The van der Waals surface area contributed by atoms with Gasteiger partial charge in [0.05, 0.1) is 13.2 Å². The van der Waals surface area contributed by atoms with Gasteiger partial charge in [0.2, 0.25) is 5.91 Å². The van der Waals surface area contributed by atoms with E-state index in [1.165, 1.54) is 0 Å². The van der Waals surface area contributed by atoms with E-state index in [2.05, 4.69) is 5.32 Å². The molecule has 0 saturated carbocycles. The molecule has 0 unspecified atom stereocenters. The molecule has 1 N–H and O–H groups in total. The standard InChI is InChI=1S/C10H20ClNO3/c1-10(2,7-11)8-12-9(13)6-15-5-4-14-3/h4-8H2,1-3H3,(H,12,13). The Bertz CT molecular complexity index is 186. The van der Waals surface area contributed by atoms with E-state index in [4.69, 9.17) is 21.1 Å². The van der Waals surface area contributed by atoms with Crippen molar-refractivity contribution in [3.63, 3.8) is 0 Å². The molecule has 0 saturated heterocycles. The molecule has 0 rings (SSSR count). The highest BCUT2D eigenvalue weighted by atomic mass is 35.5. The Labute approximate surface area is 96.3 Å². The number of carbonyl (C=O) groups is 1. The normalized spacial score (nSPS) is 11.5. The molecule has 5 heteroatoms. The lowest BCUT2D eigenvalue weighted by Crippen LogP contribution is -2.37. The van der Waals surface area contributed by atoms with Gasteiger partial charge in [-0.15, -0.1) is 11.6 Å². The first-order valence-electron chi connectivity index (χ1n) is 4.91. The molecule has 0 atom stereocenters. The van der Waals surface area contributed by atoms with Crippen LogP contribution in [0.3, 0.4) is 0 Å². The summed E-state index contributed by atoms with van der Waals surface area (Å²) in [5.74, 6) is 0.391. The van der Waals surface area contributed by atoms with Crippen LogP contribution in [0.1, 0.15) is 13.8 Å². The van der Waals surface area contributed by atoms with E-state index in [0.29, 0.717) is 25.6 Å². The summed E-state index contributed by atoms with van der Waals surface area (Å²) in [4.78, 5) is 11.2. The van der Waals surface area contributed by atoms with Crippen LogP contribution >= 0.6 is 11.6 Å². The van der Waals surface area contributed by atoms with Crippen LogP contribution in [0.5, 0.6) is 0 Å². The molecule has 0 aliphatic heterocycles. The molecule has 90 valence electrons. The molecular weight excluding hydrogens is 218 g/mol. The van der Waals surface area contributed by atoms with E-state index in [-0.39, 0.29) is 17.9 Å². The fraction of sp³-hybridized carbons (Fsp3) is 0.900. The van der Waals surface area contributed by atoms with Crippen molar-refractivity contribution < 1.29 is 14.3 Å². The number of amides is 1. The molecule has 15 heavy (non-hydrogen) atoms. The predicted molar refractivity (Wildman–Crippen MR) is 60.2 cm³/mol. The second-order valence-corrected chi connectivity index (χ2v) is 4.39. The maximum Gasteiger partial charge on any atom is 0.246 e. The first-order valence-corrected chi connectivity index (χ1v) is 5.44. The van der Waals surface area contributed by atoms with Crippen LogP contribution < -0.4 is 5.32 Å². The Hall–Kier alpha value is -0.320. The number of alkyl halides is 1. The minimum absolute atomic E-state index is 0.0712. The summed E-state index contributed by atoms with van der Waals surface area (Å²) >= 11 is 5.72. The van der Waals surface area contributed by atoms with Crippen molar-refractivity contribution >= 4 is 17.5 Å². The summed E-state index contributed by atoms with van der Waals surface area (Å²) in [6, 6.07) is 0. The molecule has 0 spiro atoms. The van der Waals surface area contributed by atoms with Crippen molar-refractivity contribution in [3.8, 4) is 0 Å². The van der Waals surface area contributed by atoms with E-state index >= 15 is 0 Å². The Kier molecular flexibility index (Phi) is 7.74. The third kappa shape index (κ3) is 8.66. The third-order valence-electron chi connectivity index (χ3n) is 1.79. The lowest BCUT2D eigenvalue weighted by Gasteiger charge is -2.21. The van der Waals surface area contributed by atoms with Gasteiger partial charge in [-0.05, 0) is 5.41 Å². The molecule has 0 fully saturated rings. The van der Waals surface area contributed by atoms with Gasteiger partial charge in [0.1, 0.15) is 6.61 Å². The SMILES string of the molecule is COCCOCC(=O)NCC(C)(C)CCl. The van der Waals surface area contributed by atoms with Gasteiger partial charge in [-0.25, -0.2) is 0 Å². The van der Waals surface area contributed by atoms with E-state index in [0.717, 1.165) is 0 Å². The van der Waals surface area contributed by atoms with E-state index in [1.54, 1.807) is 7.11 Å². The van der Waals surface area contributed by atoms with Gasteiger partial charge in [0, 0.05) is 19.5 Å². The summed E-state index contributed by atoms with van der Waals surface area (Å²) in [6.45, 7) is 5.55. The van der Waals surface area contributed by atoms with Crippen LogP contribution in [0.15, 0.2) is 0 Å². The highest BCUT2D eigenvalue weighted by Gasteiger charge is 2.17. The van der Waals surface area contributed by atoms with E-state index in [1.807, 2.05) is 13.8 Å². The van der Waals surface area contributed by atoms with Crippen molar-refractivity contribution in [1.29, 1.82) is 0 Å². The van der Waals surface area contributed by atoms with Gasteiger partial charge in [-0.2, -0.15) is 0 Å². The summed E-state index contributed by atoms with van der Waals surface area (Å²) in [5, 5.41) is 2.76. The molecule has 0 aromatic carbocycles. The molecule has 0 bridgehead atoms. The molecule has 0 aliphatic rings. The topological polar surface area (TPSA) is 47.6 Å². The molecule has 0 aromatic rings. The fourth-order valence-corrected chi connectivity index (χ4v) is 0.838. The molecule has 0 aromatic heterocycles. The highest BCUT2D eigenvalue weighted by molar-refractivity contribution is 6.18. The van der Waals surface area contributed by atoms with Crippen LogP contribution in [0.25, 0.3) is 0 Å². The molecule has 0 heterocycles. The van der Waals surface area contributed by atoms with Crippen LogP contribution in [0, 0.1) is 5.41 Å². The number of hydrogen-bond donors (Lipinski definition) is 1. The Morgan fingerprint density at radius 1 is 1.40 bits per heavy atom. The molecule has 0 radical (unpaired) electrons. The maximum absolute atomic E-state index is 11.2. The van der Waals surface area contributed by atoms with Crippen LogP contribution in [-0.2, 0) is 14.3 Å². The van der Waals surface area contributed by atoms with Crippen molar-refractivity contribution in [2.24, 2.45) is 5.41 Å². The molecular formula is C10H20ClNO3. The number of nitrogens with one attached hydrogen (secondary N) is 1. The minimum Gasteiger partial charge on any atom is -0.382 e. The summed E-state index contributed by atoms with van der Waals surface area (Å²) < 4.78 is 9.85. The van der Waals surface area contributed by atoms with Gasteiger partial charge in [0.25, 0.3) is 0 Å². The number of carbonyl (C=O) groups excluding carboxylic acids is 1. The second kappa shape index (κ2) is 7.91. The van der Waals surface area contributed by atoms with E-state index in [9.17, 15) is 4.79 Å². The zero-order valence-corrected chi connectivity index (χ0v) is 10.4. The Balaban J connectivity index is 3.49. The first-order chi connectivity index (χ1) is 7.02. The van der Waals surface area contributed by atoms with Gasteiger partial charge in [0.15, 0.2) is 0 Å². The van der Waals surface area contributed by atoms with Gasteiger partial charge in [-0.3, -0.25) is 4.79 Å². The van der Waals surface area contributed by atoms with Gasteiger partial charge < -0.3 is 14.8 Å². The minimum atomic E-state index is -0.121. The number of ether oxygens (including phenoxy) is 2. The van der Waals surface area contributed by atoms with Gasteiger partial charge in [-0.1, -0.05) is 13.8 Å².